The zero-order valence-electron chi connectivity index (χ0n) is 10.1. The molecule has 2 aromatic carbocycles. The number of halogens is 2. The zero-order chi connectivity index (χ0) is 14.1. The molecule has 0 aliphatic carbocycles. The first-order valence-corrected chi connectivity index (χ1v) is 6.13. The Labute approximate surface area is 118 Å². The number of fused-ring (bicyclic) bond motifs is 1. The van der Waals surface area contributed by atoms with Crippen LogP contribution in [0.2, 0.25) is 5.02 Å². The van der Waals surface area contributed by atoms with E-state index in [1.54, 1.807) is 18.2 Å². The van der Waals surface area contributed by atoms with Crippen LogP contribution in [0, 0.1) is 5.82 Å². The Bertz CT molecular complexity index is 801. The summed E-state index contributed by atoms with van der Waals surface area (Å²) < 4.78 is 18.4. The summed E-state index contributed by atoms with van der Waals surface area (Å²) in [6.07, 6.45) is 0. The van der Waals surface area contributed by atoms with Crippen LogP contribution < -0.4 is 5.32 Å². The number of nitrogens with one attached hydrogen (secondary N) is 1. The highest BCUT2D eigenvalue weighted by Gasteiger charge is 2.13. The molecule has 3 rings (SSSR count). The van der Waals surface area contributed by atoms with Crippen molar-refractivity contribution in [1.29, 1.82) is 0 Å². The van der Waals surface area contributed by atoms with E-state index in [2.05, 4.69) is 10.3 Å². The number of oxazole rings is 1. The summed E-state index contributed by atoms with van der Waals surface area (Å²) in [5, 5.41) is 2.86. The highest BCUT2D eigenvalue weighted by molar-refractivity contribution is 6.34. The molecule has 0 bridgehead atoms. The monoisotopic (exact) mass is 290 g/mol. The average molecular weight is 291 g/mol. The minimum absolute atomic E-state index is 0.0161. The number of carbonyl (C=O) groups is 1. The molecule has 1 N–H and O–H groups in total. The molecule has 0 atom stereocenters. The predicted octanol–water partition coefficient (Wildman–Crippen LogP) is 3.87. The van der Waals surface area contributed by atoms with Crippen molar-refractivity contribution in [2.24, 2.45) is 0 Å². The molecule has 20 heavy (non-hydrogen) atoms. The number of aromatic nitrogens is 1. The summed E-state index contributed by atoms with van der Waals surface area (Å²) in [5.74, 6) is -0.995. The Morgan fingerprint density at radius 1 is 1.25 bits per heavy atom. The van der Waals surface area contributed by atoms with Crippen LogP contribution in [0.3, 0.4) is 0 Å². The maximum atomic E-state index is 13.1. The zero-order valence-corrected chi connectivity index (χ0v) is 10.8. The van der Waals surface area contributed by atoms with E-state index >= 15 is 0 Å². The fraction of sp³-hybridized carbons (Fsp3) is 0. The number of anilines is 1. The van der Waals surface area contributed by atoms with Crippen molar-refractivity contribution in [3.05, 3.63) is 58.9 Å². The van der Waals surface area contributed by atoms with E-state index in [1.807, 2.05) is 0 Å². The van der Waals surface area contributed by atoms with Gasteiger partial charge in [0.1, 0.15) is 11.3 Å². The first-order valence-electron chi connectivity index (χ1n) is 5.75. The van der Waals surface area contributed by atoms with Crippen LogP contribution in [0.15, 0.2) is 46.9 Å². The lowest BCUT2D eigenvalue weighted by atomic mass is 10.2. The number of para-hydroxylation sites is 1. The molecule has 100 valence electrons. The van der Waals surface area contributed by atoms with Gasteiger partial charge in [-0.25, -0.2) is 4.39 Å². The van der Waals surface area contributed by atoms with Crippen LogP contribution in [0.1, 0.15) is 10.4 Å². The van der Waals surface area contributed by atoms with Gasteiger partial charge in [-0.1, -0.05) is 23.7 Å². The van der Waals surface area contributed by atoms with Gasteiger partial charge in [-0.2, -0.15) is 4.98 Å². The van der Waals surface area contributed by atoms with Crippen LogP contribution in [0.25, 0.3) is 11.1 Å². The molecule has 1 amide bonds. The van der Waals surface area contributed by atoms with E-state index in [9.17, 15) is 9.18 Å². The molecule has 0 saturated heterocycles. The predicted molar refractivity (Wildman–Crippen MR) is 73.4 cm³/mol. The fourth-order valence-corrected chi connectivity index (χ4v) is 1.98. The molecule has 6 heteroatoms. The van der Waals surface area contributed by atoms with E-state index in [0.717, 1.165) is 6.07 Å². The summed E-state index contributed by atoms with van der Waals surface area (Å²) in [5.41, 5.74) is 1.11. The molecular formula is C14H8ClFN2O2. The second-order valence-electron chi connectivity index (χ2n) is 4.07. The molecule has 0 aliphatic rings. The quantitative estimate of drug-likeness (QED) is 0.779. The standard InChI is InChI=1S/C14H8ClFN2O2/c15-10-5-2-6-11-12(10)20-14(17-11)18-13(19)8-3-1-4-9(16)7-8/h1-7H,(H,17,18,19). The molecule has 0 fully saturated rings. The molecule has 4 nitrogen and oxygen atoms in total. The molecule has 0 unspecified atom stereocenters. The van der Waals surface area contributed by atoms with Crippen molar-refractivity contribution in [1.82, 2.24) is 4.98 Å². The highest BCUT2D eigenvalue weighted by Crippen LogP contribution is 2.26. The van der Waals surface area contributed by atoms with Gasteiger partial charge in [0.05, 0.1) is 5.02 Å². The van der Waals surface area contributed by atoms with E-state index in [0.29, 0.717) is 16.1 Å². The summed E-state index contributed by atoms with van der Waals surface area (Å²) in [6, 6.07) is 10.4. The number of carbonyl (C=O) groups excluding carboxylic acids is 1. The molecule has 3 aromatic rings. The van der Waals surface area contributed by atoms with E-state index in [-0.39, 0.29) is 11.6 Å². The van der Waals surface area contributed by atoms with E-state index in [1.165, 1.54) is 18.2 Å². The van der Waals surface area contributed by atoms with Crippen LogP contribution >= 0.6 is 11.6 Å². The largest absolute Gasteiger partial charge is 0.422 e. The minimum atomic E-state index is -0.507. The van der Waals surface area contributed by atoms with Crippen molar-refractivity contribution in [2.75, 3.05) is 5.32 Å². The van der Waals surface area contributed by atoms with Crippen molar-refractivity contribution < 1.29 is 13.6 Å². The van der Waals surface area contributed by atoms with E-state index in [4.69, 9.17) is 16.0 Å². The van der Waals surface area contributed by atoms with Crippen molar-refractivity contribution in [3.8, 4) is 0 Å². The Kier molecular flexibility index (Phi) is 3.12. The van der Waals surface area contributed by atoms with Gasteiger partial charge >= 0.3 is 6.01 Å². The normalized spacial score (nSPS) is 10.7. The summed E-state index contributed by atoms with van der Waals surface area (Å²) in [4.78, 5) is 16.0. The fourth-order valence-electron chi connectivity index (χ4n) is 1.77. The number of hydrogen-bond acceptors (Lipinski definition) is 3. The number of amides is 1. The molecule has 0 radical (unpaired) electrons. The van der Waals surface area contributed by atoms with Crippen LogP contribution in [0.4, 0.5) is 10.4 Å². The van der Waals surface area contributed by atoms with Gasteiger partial charge < -0.3 is 4.42 Å². The smallest absolute Gasteiger partial charge is 0.302 e. The molecule has 0 spiro atoms. The van der Waals surface area contributed by atoms with Gasteiger partial charge in [0, 0.05) is 5.56 Å². The SMILES string of the molecule is O=C(Nc1nc2cccc(Cl)c2o1)c1cccc(F)c1. The molecule has 0 aliphatic heterocycles. The number of nitrogens with zero attached hydrogens (tertiary/aromatic N) is 1. The van der Waals surface area contributed by atoms with Gasteiger partial charge in [0.15, 0.2) is 5.58 Å². The van der Waals surface area contributed by atoms with E-state index < -0.39 is 11.7 Å². The maximum absolute atomic E-state index is 13.1. The Morgan fingerprint density at radius 2 is 2.05 bits per heavy atom. The Hall–Kier alpha value is -2.40. The lowest BCUT2D eigenvalue weighted by Crippen LogP contribution is -2.12. The molecule has 0 saturated carbocycles. The second kappa shape index (κ2) is 4.94. The van der Waals surface area contributed by atoms with Gasteiger partial charge in [0.25, 0.3) is 5.91 Å². The minimum Gasteiger partial charge on any atom is -0.422 e. The third-order valence-electron chi connectivity index (χ3n) is 2.67. The third-order valence-corrected chi connectivity index (χ3v) is 2.97. The number of hydrogen-bond donors (Lipinski definition) is 1. The summed E-state index contributed by atoms with van der Waals surface area (Å²) in [7, 11) is 0. The van der Waals surface area contributed by atoms with Crippen LogP contribution in [-0.4, -0.2) is 10.9 Å². The van der Waals surface area contributed by atoms with Crippen molar-refractivity contribution in [3.63, 3.8) is 0 Å². The van der Waals surface area contributed by atoms with Crippen LogP contribution in [-0.2, 0) is 0 Å². The van der Waals surface area contributed by atoms with Gasteiger partial charge in [-0.15, -0.1) is 0 Å². The number of rotatable bonds is 2. The summed E-state index contributed by atoms with van der Waals surface area (Å²) >= 11 is 5.95. The van der Waals surface area contributed by atoms with Gasteiger partial charge in [-0.05, 0) is 30.3 Å². The molecule has 1 heterocycles. The Morgan fingerprint density at radius 3 is 2.80 bits per heavy atom. The molecular weight excluding hydrogens is 283 g/mol. The first-order chi connectivity index (χ1) is 9.63. The van der Waals surface area contributed by atoms with Crippen molar-refractivity contribution in [2.45, 2.75) is 0 Å². The topological polar surface area (TPSA) is 55.1 Å². The lowest BCUT2D eigenvalue weighted by Gasteiger charge is -2.00. The third kappa shape index (κ3) is 2.35. The van der Waals surface area contributed by atoms with Gasteiger partial charge in [-0.3, -0.25) is 10.1 Å². The molecule has 1 aromatic heterocycles. The first kappa shape index (κ1) is 12.6. The highest BCUT2D eigenvalue weighted by atomic mass is 35.5. The van der Waals surface area contributed by atoms with Crippen LogP contribution in [0.5, 0.6) is 0 Å². The Balaban J connectivity index is 1.89. The maximum Gasteiger partial charge on any atom is 0.302 e. The lowest BCUT2D eigenvalue weighted by molar-refractivity contribution is 0.102. The van der Waals surface area contributed by atoms with Gasteiger partial charge in [0.2, 0.25) is 0 Å². The summed E-state index contributed by atoms with van der Waals surface area (Å²) in [6.45, 7) is 0. The average Bonchev–Trinajstić information content (AvgIpc) is 2.83. The second-order valence-corrected chi connectivity index (χ2v) is 4.48. The van der Waals surface area contributed by atoms with Crippen molar-refractivity contribution >= 4 is 34.6 Å². The number of benzene rings is 2.